The molecule has 160 valence electrons. The second-order valence-corrected chi connectivity index (χ2v) is 8.98. The molecule has 3 N–H and O–H groups in total. The van der Waals surface area contributed by atoms with Crippen LogP contribution in [0.1, 0.15) is 48.9 Å². The number of rotatable bonds is 4. The molecule has 0 radical (unpaired) electrons. The molecule has 4 rings (SSSR count). The summed E-state index contributed by atoms with van der Waals surface area (Å²) in [5, 5.41) is 17.2. The number of aliphatic hydroxyl groups is 1. The highest BCUT2D eigenvalue weighted by molar-refractivity contribution is 6.42. The fourth-order valence-corrected chi connectivity index (χ4v) is 4.44. The predicted octanol–water partition coefficient (Wildman–Crippen LogP) is 4.54. The van der Waals surface area contributed by atoms with E-state index in [1.165, 1.54) is 5.56 Å². The minimum absolute atomic E-state index is 0.107. The molecule has 1 aromatic heterocycles. The lowest BCUT2D eigenvalue weighted by Gasteiger charge is -2.30. The third-order valence-electron chi connectivity index (χ3n) is 5.92. The second kappa shape index (κ2) is 9.00. The van der Waals surface area contributed by atoms with E-state index < -0.39 is 0 Å². The van der Waals surface area contributed by atoms with Crippen LogP contribution in [0.3, 0.4) is 0 Å². The molecule has 1 aromatic carbocycles. The van der Waals surface area contributed by atoms with Crippen LogP contribution in [0.2, 0.25) is 10.0 Å². The first-order valence-corrected chi connectivity index (χ1v) is 11.1. The Kier molecular flexibility index (Phi) is 6.37. The van der Waals surface area contributed by atoms with Crippen LogP contribution in [0.15, 0.2) is 30.5 Å². The van der Waals surface area contributed by atoms with Crippen molar-refractivity contribution in [2.75, 3.05) is 11.9 Å². The molecule has 2 aliphatic rings. The topological polar surface area (TPSA) is 77.5 Å². The molecule has 8 heteroatoms. The Morgan fingerprint density at radius 1 is 1.23 bits per heavy atom. The number of benzene rings is 1. The summed E-state index contributed by atoms with van der Waals surface area (Å²) in [5.74, 6) is 0.805. The first-order chi connectivity index (χ1) is 14.4. The number of carbonyl (C=O) groups is 1. The quantitative estimate of drug-likeness (QED) is 0.641. The number of nitrogens with zero attached hydrogens (tertiary/aromatic N) is 2. The summed E-state index contributed by atoms with van der Waals surface area (Å²) in [6, 6.07) is 7.38. The van der Waals surface area contributed by atoms with Gasteiger partial charge >= 0.3 is 6.03 Å². The maximum absolute atomic E-state index is 12.8. The summed E-state index contributed by atoms with van der Waals surface area (Å²) in [7, 11) is 0. The van der Waals surface area contributed by atoms with Gasteiger partial charge in [0, 0.05) is 25.3 Å². The molecule has 0 spiro atoms. The van der Waals surface area contributed by atoms with Gasteiger partial charge < -0.3 is 20.6 Å². The number of fused-ring (bicyclic) bond motifs is 1. The zero-order valence-corrected chi connectivity index (χ0v) is 18.4. The number of nitrogens with one attached hydrogen (secondary N) is 2. The summed E-state index contributed by atoms with van der Waals surface area (Å²) in [5.41, 5.74) is 3.19. The Balaban J connectivity index is 1.39. The Morgan fingerprint density at radius 2 is 2.07 bits per heavy atom. The standard InChI is InChI=1S/C22H26Cl2N4O2/c1-13(14-2-5-19(23)20(24)8-14)26-22(30)28-7-6-15-11-25-21(9-16(15)12-28)27-17-3-4-18(29)10-17/h2,5,8-9,11,13,17-18,29H,3-4,6-7,10,12H2,1H3,(H,25,27)(H,26,30)/t13-,17+,18+/m1/s1. The number of anilines is 1. The molecule has 1 aliphatic carbocycles. The van der Waals surface area contributed by atoms with Crippen molar-refractivity contribution < 1.29 is 9.90 Å². The lowest BCUT2D eigenvalue weighted by molar-refractivity contribution is 0.182. The molecule has 30 heavy (non-hydrogen) atoms. The van der Waals surface area contributed by atoms with Crippen molar-refractivity contribution in [2.45, 2.75) is 57.3 Å². The fourth-order valence-electron chi connectivity index (χ4n) is 4.13. The Hall–Kier alpha value is -2.02. The highest BCUT2D eigenvalue weighted by Crippen LogP contribution is 2.27. The van der Waals surface area contributed by atoms with Gasteiger partial charge in [-0.2, -0.15) is 0 Å². The van der Waals surface area contributed by atoms with Gasteiger partial charge in [-0.3, -0.25) is 0 Å². The SMILES string of the molecule is C[C@@H](NC(=O)N1CCc2cnc(N[C@H]3CC[C@H](O)C3)cc2C1)c1ccc(Cl)c(Cl)c1. The smallest absolute Gasteiger partial charge is 0.318 e. The maximum Gasteiger partial charge on any atom is 0.318 e. The molecule has 1 saturated carbocycles. The van der Waals surface area contributed by atoms with Gasteiger partial charge in [-0.1, -0.05) is 29.3 Å². The van der Waals surface area contributed by atoms with E-state index in [1.807, 2.05) is 30.2 Å². The number of urea groups is 1. The lowest BCUT2D eigenvalue weighted by Crippen LogP contribution is -2.43. The highest BCUT2D eigenvalue weighted by atomic mass is 35.5. The van der Waals surface area contributed by atoms with E-state index in [2.05, 4.69) is 15.6 Å². The van der Waals surface area contributed by atoms with Gasteiger partial charge in [0.1, 0.15) is 5.82 Å². The summed E-state index contributed by atoms with van der Waals surface area (Å²) < 4.78 is 0. The number of hydrogen-bond donors (Lipinski definition) is 3. The number of aromatic nitrogens is 1. The van der Waals surface area contributed by atoms with E-state index in [-0.39, 0.29) is 24.2 Å². The number of carbonyl (C=O) groups excluding carboxylic acids is 1. The highest BCUT2D eigenvalue weighted by Gasteiger charge is 2.25. The Morgan fingerprint density at radius 3 is 2.80 bits per heavy atom. The fraction of sp³-hybridized carbons (Fsp3) is 0.455. The molecular weight excluding hydrogens is 423 g/mol. The van der Waals surface area contributed by atoms with Crippen molar-refractivity contribution in [2.24, 2.45) is 0 Å². The monoisotopic (exact) mass is 448 g/mol. The molecule has 0 saturated heterocycles. The Labute approximate surface area is 186 Å². The first kappa shape index (κ1) is 21.2. The molecule has 2 aromatic rings. The summed E-state index contributed by atoms with van der Waals surface area (Å²) in [6.07, 6.45) is 4.97. The molecule has 2 heterocycles. The first-order valence-electron chi connectivity index (χ1n) is 10.3. The van der Waals surface area contributed by atoms with Gasteiger partial charge in [-0.25, -0.2) is 9.78 Å². The van der Waals surface area contributed by atoms with E-state index in [1.54, 1.807) is 12.1 Å². The Bertz CT molecular complexity index is 939. The normalized spacial score (nSPS) is 21.8. The molecule has 3 atom stereocenters. The average molecular weight is 449 g/mol. The molecule has 1 aliphatic heterocycles. The number of amides is 2. The van der Waals surface area contributed by atoms with Gasteiger partial charge in [0.2, 0.25) is 0 Å². The lowest BCUT2D eigenvalue weighted by atomic mass is 10.0. The maximum atomic E-state index is 12.8. The van der Waals surface area contributed by atoms with Crippen molar-refractivity contribution in [1.82, 2.24) is 15.2 Å². The van der Waals surface area contributed by atoms with Crippen molar-refractivity contribution in [3.63, 3.8) is 0 Å². The van der Waals surface area contributed by atoms with E-state index in [0.717, 1.165) is 42.6 Å². The van der Waals surface area contributed by atoms with Crippen LogP contribution in [0.5, 0.6) is 0 Å². The summed E-state index contributed by atoms with van der Waals surface area (Å²) >= 11 is 12.1. The third-order valence-corrected chi connectivity index (χ3v) is 6.66. The minimum Gasteiger partial charge on any atom is -0.393 e. The van der Waals surface area contributed by atoms with Crippen LogP contribution in [0.4, 0.5) is 10.6 Å². The molecule has 0 bridgehead atoms. The average Bonchev–Trinajstić information content (AvgIpc) is 3.13. The molecule has 6 nitrogen and oxygen atoms in total. The molecule has 2 amide bonds. The molecular formula is C22H26Cl2N4O2. The number of hydrogen-bond acceptors (Lipinski definition) is 4. The second-order valence-electron chi connectivity index (χ2n) is 8.16. The number of halogens is 2. The summed E-state index contributed by atoms with van der Waals surface area (Å²) in [4.78, 5) is 19.2. The van der Waals surface area contributed by atoms with Crippen LogP contribution in [0.25, 0.3) is 0 Å². The van der Waals surface area contributed by atoms with Crippen LogP contribution in [-0.2, 0) is 13.0 Å². The number of aliphatic hydroxyl groups excluding tert-OH is 1. The van der Waals surface area contributed by atoms with Crippen LogP contribution >= 0.6 is 23.2 Å². The molecule has 1 fully saturated rings. The minimum atomic E-state index is -0.225. The van der Waals surface area contributed by atoms with Crippen molar-refractivity contribution >= 4 is 35.1 Å². The van der Waals surface area contributed by atoms with Gasteiger partial charge in [-0.05, 0) is 67.5 Å². The number of pyridine rings is 1. The van der Waals surface area contributed by atoms with E-state index in [9.17, 15) is 9.90 Å². The van der Waals surface area contributed by atoms with E-state index >= 15 is 0 Å². The van der Waals surface area contributed by atoms with Crippen LogP contribution in [0, 0.1) is 0 Å². The third kappa shape index (κ3) is 4.82. The van der Waals surface area contributed by atoms with Crippen molar-refractivity contribution in [3.8, 4) is 0 Å². The zero-order valence-electron chi connectivity index (χ0n) is 16.9. The van der Waals surface area contributed by atoms with Crippen LogP contribution < -0.4 is 10.6 Å². The van der Waals surface area contributed by atoms with Gasteiger partial charge in [0.25, 0.3) is 0 Å². The largest absolute Gasteiger partial charge is 0.393 e. The van der Waals surface area contributed by atoms with Crippen molar-refractivity contribution in [3.05, 3.63) is 57.2 Å². The summed E-state index contributed by atoms with van der Waals surface area (Å²) in [6.45, 7) is 3.12. The van der Waals surface area contributed by atoms with Gasteiger partial charge in [-0.15, -0.1) is 0 Å². The van der Waals surface area contributed by atoms with E-state index in [4.69, 9.17) is 23.2 Å². The molecule has 0 unspecified atom stereocenters. The zero-order chi connectivity index (χ0) is 21.3. The van der Waals surface area contributed by atoms with Crippen molar-refractivity contribution in [1.29, 1.82) is 0 Å². The van der Waals surface area contributed by atoms with E-state index in [0.29, 0.717) is 23.1 Å². The van der Waals surface area contributed by atoms with Gasteiger partial charge in [0.05, 0.1) is 22.2 Å². The van der Waals surface area contributed by atoms with Crippen LogP contribution in [-0.4, -0.2) is 39.7 Å². The predicted molar refractivity (Wildman–Crippen MR) is 119 cm³/mol. The van der Waals surface area contributed by atoms with Gasteiger partial charge in [0.15, 0.2) is 0 Å².